The predicted molar refractivity (Wildman–Crippen MR) is 59.8 cm³/mol. The van der Waals surface area contributed by atoms with Gasteiger partial charge in [0.15, 0.2) is 0 Å². The molecule has 2 fully saturated rings. The van der Waals surface area contributed by atoms with Gasteiger partial charge in [0, 0.05) is 19.2 Å². The smallest absolute Gasteiger partial charge is 0.0897 e. The molecule has 0 amide bonds. The van der Waals surface area contributed by atoms with Gasteiger partial charge in [0.05, 0.1) is 12.7 Å². The number of hydrogen-bond donors (Lipinski definition) is 2. The van der Waals surface area contributed by atoms with E-state index in [0.717, 1.165) is 12.5 Å². The highest BCUT2D eigenvalue weighted by molar-refractivity contribution is 4.81. The standard InChI is InChI=1S/C12H23NO2/c14-12(8-13-11-4-5-11)9-15-7-6-10-2-1-3-10/h10-14H,1-9H2. The topological polar surface area (TPSA) is 41.5 Å². The van der Waals surface area contributed by atoms with Crippen molar-refractivity contribution in [3.63, 3.8) is 0 Å². The highest BCUT2D eigenvalue weighted by Gasteiger charge is 2.21. The molecule has 0 bridgehead atoms. The van der Waals surface area contributed by atoms with Crippen LogP contribution in [0.5, 0.6) is 0 Å². The van der Waals surface area contributed by atoms with Crippen molar-refractivity contribution in [3.05, 3.63) is 0 Å². The lowest BCUT2D eigenvalue weighted by molar-refractivity contribution is 0.0276. The van der Waals surface area contributed by atoms with Gasteiger partial charge in [-0.2, -0.15) is 0 Å². The third-order valence-corrected chi connectivity index (χ3v) is 3.42. The predicted octanol–water partition coefficient (Wildman–Crippen LogP) is 1.31. The fraction of sp³-hybridized carbons (Fsp3) is 1.00. The van der Waals surface area contributed by atoms with E-state index in [1.165, 1.54) is 38.5 Å². The molecule has 2 N–H and O–H groups in total. The molecular formula is C12H23NO2. The molecule has 0 aromatic rings. The van der Waals surface area contributed by atoms with Crippen molar-refractivity contribution in [1.29, 1.82) is 0 Å². The zero-order valence-electron chi connectivity index (χ0n) is 9.45. The maximum atomic E-state index is 9.57. The Bertz CT molecular complexity index is 178. The van der Waals surface area contributed by atoms with Crippen LogP contribution < -0.4 is 5.32 Å². The first-order chi connectivity index (χ1) is 7.34. The first-order valence-electron chi connectivity index (χ1n) is 6.34. The van der Waals surface area contributed by atoms with Crippen molar-refractivity contribution >= 4 is 0 Å². The minimum Gasteiger partial charge on any atom is -0.389 e. The van der Waals surface area contributed by atoms with E-state index in [2.05, 4.69) is 5.32 Å². The fourth-order valence-corrected chi connectivity index (χ4v) is 1.90. The lowest BCUT2D eigenvalue weighted by Crippen LogP contribution is -2.32. The first kappa shape index (κ1) is 11.4. The van der Waals surface area contributed by atoms with Crippen molar-refractivity contribution in [2.75, 3.05) is 19.8 Å². The summed E-state index contributed by atoms with van der Waals surface area (Å²) in [7, 11) is 0. The van der Waals surface area contributed by atoms with Crippen molar-refractivity contribution in [2.45, 2.75) is 50.7 Å². The zero-order chi connectivity index (χ0) is 10.5. The number of rotatable bonds is 8. The van der Waals surface area contributed by atoms with Crippen molar-refractivity contribution < 1.29 is 9.84 Å². The van der Waals surface area contributed by atoms with Crippen LogP contribution in [-0.2, 0) is 4.74 Å². The summed E-state index contributed by atoms with van der Waals surface area (Å²) in [5, 5.41) is 12.9. The third-order valence-electron chi connectivity index (χ3n) is 3.42. The number of hydrogen-bond acceptors (Lipinski definition) is 3. The minimum atomic E-state index is -0.327. The van der Waals surface area contributed by atoms with Crippen LogP contribution in [0.3, 0.4) is 0 Å². The van der Waals surface area contributed by atoms with E-state index in [1.54, 1.807) is 0 Å². The summed E-state index contributed by atoms with van der Waals surface area (Å²) in [5.74, 6) is 0.909. The van der Waals surface area contributed by atoms with Crippen LogP contribution in [0.15, 0.2) is 0 Å². The fourth-order valence-electron chi connectivity index (χ4n) is 1.90. The lowest BCUT2D eigenvalue weighted by atomic mass is 9.83. The molecule has 15 heavy (non-hydrogen) atoms. The van der Waals surface area contributed by atoms with Crippen LogP contribution in [0, 0.1) is 5.92 Å². The molecule has 3 heteroatoms. The van der Waals surface area contributed by atoms with Crippen LogP contribution in [-0.4, -0.2) is 37.0 Å². The third kappa shape index (κ3) is 4.49. The normalized spacial score (nSPS) is 23.8. The van der Waals surface area contributed by atoms with Gasteiger partial charge in [-0.15, -0.1) is 0 Å². The molecule has 1 atom stereocenters. The maximum Gasteiger partial charge on any atom is 0.0897 e. The van der Waals surface area contributed by atoms with E-state index in [0.29, 0.717) is 19.2 Å². The monoisotopic (exact) mass is 213 g/mol. The molecule has 0 aromatic carbocycles. The summed E-state index contributed by atoms with van der Waals surface area (Å²) >= 11 is 0. The Morgan fingerprint density at radius 2 is 2.07 bits per heavy atom. The summed E-state index contributed by atoms with van der Waals surface area (Å²) in [6.45, 7) is 2.01. The van der Waals surface area contributed by atoms with E-state index in [4.69, 9.17) is 4.74 Å². The van der Waals surface area contributed by atoms with Gasteiger partial charge < -0.3 is 15.2 Å². The van der Waals surface area contributed by atoms with Gasteiger partial charge in [-0.1, -0.05) is 19.3 Å². The molecule has 2 aliphatic carbocycles. The Morgan fingerprint density at radius 3 is 2.67 bits per heavy atom. The molecule has 0 saturated heterocycles. The molecule has 1 unspecified atom stereocenters. The highest BCUT2D eigenvalue weighted by Crippen LogP contribution is 2.29. The van der Waals surface area contributed by atoms with Crippen molar-refractivity contribution in [2.24, 2.45) is 5.92 Å². The van der Waals surface area contributed by atoms with Crippen LogP contribution in [0.1, 0.15) is 38.5 Å². The summed E-state index contributed by atoms with van der Waals surface area (Å²) in [5.41, 5.74) is 0. The first-order valence-corrected chi connectivity index (χ1v) is 6.34. The van der Waals surface area contributed by atoms with Crippen LogP contribution >= 0.6 is 0 Å². The number of nitrogens with one attached hydrogen (secondary N) is 1. The molecule has 0 radical (unpaired) electrons. The average molecular weight is 213 g/mol. The quantitative estimate of drug-likeness (QED) is 0.597. The largest absolute Gasteiger partial charge is 0.389 e. The van der Waals surface area contributed by atoms with Gasteiger partial charge in [-0.3, -0.25) is 0 Å². The second kappa shape index (κ2) is 5.83. The van der Waals surface area contributed by atoms with E-state index in [-0.39, 0.29) is 6.10 Å². The molecule has 0 aromatic heterocycles. The molecule has 0 heterocycles. The Labute approximate surface area is 92.2 Å². The van der Waals surface area contributed by atoms with Crippen molar-refractivity contribution in [3.8, 4) is 0 Å². The number of aliphatic hydroxyl groups excluding tert-OH is 1. The molecule has 3 nitrogen and oxygen atoms in total. The lowest BCUT2D eigenvalue weighted by Gasteiger charge is -2.25. The van der Waals surface area contributed by atoms with Gasteiger partial charge in [-0.25, -0.2) is 0 Å². The highest BCUT2D eigenvalue weighted by atomic mass is 16.5. The van der Waals surface area contributed by atoms with Crippen LogP contribution in [0.4, 0.5) is 0 Å². The average Bonchev–Trinajstić information content (AvgIpc) is 2.95. The van der Waals surface area contributed by atoms with Crippen LogP contribution in [0.2, 0.25) is 0 Å². The number of ether oxygens (including phenoxy) is 1. The molecule has 0 aliphatic heterocycles. The van der Waals surface area contributed by atoms with E-state index < -0.39 is 0 Å². The summed E-state index contributed by atoms with van der Waals surface area (Å²) in [4.78, 5) is 0. The van der Waals surface area contributed by atoms with Gasteiger partial charge in [-0.05, 0) is 25.2 Å². The maximum absolute atomic E-state index is 9.57. The van der Waals surface area contributed by atoms with Crippen molar-refractivity contribution in [1.82, 2.24) is 5.32 Å². The Hall–Kier alpha value is -0.120. The second-order valence-corrected chi connectivity index (χ2v) is 5.00. The molecule has 2 saturated carbocycles. The molecule has 0 spiro atoms. The van der Waals surface area contributed by atoms with E-state index >= 15 is 0 Å². The van der Waals surface area contributed by atoms with Gasteiger partial charge >= 0.3 is 0 Å². The minimum absolute atomic E-state index is 0.327. The Morgan fingerprint density at radius 1 is 1.27 bits per heavy atom. The summed E-state index contributed by atoms with van der Waals surface area (Å²) < 4.78 is 5.46. The van der Waals surface area contributed by atoms with E-state index in [1.807, 2.05) is 0 Å². The second-order valence-electron chi connectivity index (χ2n) is 5.00. The molecule has 88 valence electrons. The Balaban J connectivity index is 1.38. The van der Waals surface area contributed by atoms with Gasteiger partial charge in [0.2, 0.25) is 0 Å². The molecule has 2 rings (SSSR count). The number of aliphatic hydroxyl groups is 1. The molecule has 2 aliphatic rings. The zero-order valence-corrected chi connectivity index (χ0v) is 9.45. The summed E-state index contributed by atoms with van der Waals surface area (Å²) in [6, 6.07) is 0.676. The van der Waals surface area contributed by atoms with Gasteiger partial charge in [0.1, 0.15) is 0 Å². The van der Waals surface area contributed by atoms with E-state index in [9.17, 15) is 5.11 Å². The van der Waals surface area contributed by atoms with Crippen LogP contribution in [0.25, 0.3) is 0 Å². The SMILES string of the molecule is OC(CNC1CC1)COCCC1CCC1. The van der Waals surface area contributed by atoms with Gasteiger partial charge in [0.25, 0.3) is 0 Å². The molecular weight excluding hydrogens is 190 g/mol. The Kier molecular flexibility index (Phi) is 4.42. The summed E-state index contributed by atoms with van der Waals surface area (Å²) in [6.07, 6.45) is 7.57.